The van der Waals surface area contributed by atoms with Crippen LogP contribution >= 0.6 is 0 Å². The second-order valence-electron chi connectivity index (χ2n) is 4.00. The van der Waals surface area contributed by atoms with E-state index in [1.54, 1.807) is 0 Å². The number of nitrogens with zero attached hydrogens (tertiary/aromatic N) is 1. The van der Waals surface area contributed by atoms with E-state index in [4.69, 9.17) is 0 Å². The van der Waals surface area contributed by atoms with Gasteiger partial charge in [-0.25, -0.2) is 8.78 Å². The minimum absolute atomic E-state index is 0.00148. The zero-order valence-corrected chi connectivity index (χ0v) is 10.1. The van der Waals surface area contributed by atoms with Gasteiger partial charge in [0.15, 0.2) is 11.6 Å². The van der Waals surface area contributed by atoms with E-state index in [-0.39, 0.29) is 12.2 Å². The van der Waals surface area contributed by atoms with Gasteiger partial charge >= 0.3 is 5.69 Å². The maximum Gasteiger partial charge on any atom is 0.327 e. The summed E-state index contributed by atoms with van der Waals surface area (Å²) in [5, 5.41) is 13.4. The molecule has 2 aromatic rings. The van der Waals surface area contributed by atoms with Crippen molar-refractivity contribution in [3.05, 3.63) is 69.5 Å². The third-order valence-corrected chi connectivity index (χ3v) is 2.64. The van der Waals surface area contributed by atoms with Gasteiger partial charge in [-0.2, -0.15) is 4.39 Å². The summed E-state index contributed by atoms with van der Waals surface area (Å²) < 4.78 is 39.1. The fourth-order valence-corrected chi connectivity index (χ4v) is 1.69. The smallest absolute Gasteiger partial charge is 0.327 e. The lowest BCUT2D eigenvalue weighted by Crippen LogP contribution is -2.04. The minimum Gasteiger partial charge on any atom is -0.375 e. The molecule has 4 nitrogen and oxygen atoms in total. The second-order valence-corrected chi connectivity index (χ2v) is 4.00. The molecule has 7 heteroatoms. The van der Waals surface area contributed by atoms with E-state index in [0.717, 1.165) is 18.2 Å². The predicted molar refractivity (Wildman–Crippen MR) is 66.7 cm³/mol. The normalized spacial score (nSPS) is 10.3. The molecule has 20 heavy (non-hydrogen) atoms. The molecule has 0 unspecified atom stereocenters. The highest BCUT2D eigenvalue weighted by atomic mass is 19.2. The molecular formula is C13H9F3N2O2. The van der Waals surface area contributed by atoms with Crippen LogP contribution in [-0.4, -0.2) is 4.92 Å². The minimum atomic E-state index is -1.02. The van der Waals surface area contributed by atoms with Crippen LogP contribution in [-0.2, 0) is 6.54 Å². The Hall–Kier alpha value is -2.57. The molecule has 2 rings (SSSR count). The average molecular weight is 282 g/mol. The monoisotopic (exact) mass is 282 g/mol. The highest BCUT2D eigenvalue weighted by molar-refractivity contribution is 5.62. The van der Waals surface area contributed by atoms with Crippen molar-refractivity contribution in [2.75, 3.05) is 5.32 Å². The van der Waals surface area contributed by atoms with Crippen molar-refractivity contribution in [1.82, 2.24) is 0 Å². The predicted octanol–water partition coefficient (Wildman–Crippen LogP) is 3.62. The number of halogens is 3. The standard InChI is InChI=1S/C13H9F3N2O2/c14-9-5-4-8(6-11(9)16)7-17-12-3-1-2-10(15)13(12)18(19)20/h1-6,17H,7H2. The SMILES string of the molecule is O=[N+]([O-])c1c(F)cccc1NCc1ccc(F)c(F)c1. The third kappa shape index (κ3) is 2.87. The van der Waals surface area contributed by atoms with Gasteiger partial charge in [-0.15, -0.1) is 0 Å². The molecule has 0 fully saturated rings. The second kappa shape index (κ2) is 5.60. The third-order valence-electron chi connectivity index (χ3n) is 2.64. The molecule has 0 radical (unpaired) electrons. The van der Waals surface area contributed by atoms with Gasteiger partial charge in [0.25, 0.3) is 0 Å². The summed E-state index contributed by atoms with van der Waals surface area (Å²) in [5.41, 5.74) is -0.336. The first kappa shape index (κ1) is 13.9. The molecule has 0 aliphatic carbocycles. The molecule has 0 aromatic heterocycles. The molecule has 0 heterocycles. The lowest BCUT2D eigenvalue weighted by Gasteiger charge is -2.08. The summed E-state index contributed by atoms with van der Waals surface area (Å²) in [5.74, 6) is -2.96. The molecule has 0 amide bonds. The fraction of sp³-hybridized carbons (Fsp3) is 0.0769. The van der Waals surface area contributed by atoms with Gasteiger partial charge in [-0.05, 0) is 29.8 Å². The van der Waals surface area contributed by atoms with Crippen molar-refractivity contribution >= 4 is 11.4 Å². The fourth-order valence-electron chi connectivity index (χ4n) is 1.69. The summed E-state index contributed by atoms with van der Waals surface area (Å²) in [4.78, 5) is 9.92. The van der Waals surface area contributed by atoms with Gasteiger partial charge < -0.3 is 5.32 Å². The molecule has 0 bridgehead atoms. The first-order chi connectivity index (χ1) is 9.49. The van der Waals surface area contributed by atoms with Crippen molar-refractivity contribution in [2.24, 2.45) is 0 Å². The van der Waals surface area contributed by atoms with E-state index < -0.39 is 28.1 Å². The van der Waals surface area contributed by atoms with Crippen molar-refractivity contribution in [3.63, 3.8) is 0 Å². The largest absolute Gasteiger partial charge is 0.375 e. The summed E-state index contributed by atoms with van der Waals surface area (Å²) in [6.07, 6.45) is 0. The Balaban J connectivity index is 2.21. The van der Waals surface area contributed by atoms with E-state index in [9.17, 15) is 23.3 Å². The van der Waals surface area contributed by atoms with Gasteiger partial charge in [0.1, 0.15) is 5.69 Å². The van der Waals surface area contributed by atoms with Crippen molar-refractivity contribution < 1.29 is 18.1 Å². The van der Waals surface area contributed by atoms with Crippen molar-refractivity contribution in [3.8, 4) is 0 Å². The quantitative estimate of drug-likeness (QED) is 0.688. The van der Waals surface area contributed by atoms with Crippen LogP contribution in [0.3, 0.4) is 0 Å². The Bertz CT molecular complexity index is 662. The molecule has 1 N–H and O–H groups in total. The first-order valence-corrected chi connectivity index (χ1v) is 5.59. The number of nitro benzene ring substituents is 1. The molecule has 104 valence electrons. The lowest BCUT2D eigenvalue weighted by molar-refractivity contribution is -0.386. The maximum atomic E-state index is 13.4. The van der Waals surface area contributed by atoms with Crippen molar-refractivity contribution in [2.45, 2.75) is 6.54 Å². The van der Waals surface area contributed by atoms with Gasteiger partial charge in [0.05, 0.1) is 4.92 Å². The number of para-hydroxylation sites is 1. The number of rotatable bonds is 4. The Morgan fingerprint density at radius 3 is 2.45 bits per heavy atom. The molecule has 0 aliphatic heterocycles. The highest BCUT2D eigenvalue weighted by Gasteiger charge is 2.19. The Morgan fingerprint density at radius 1 is 1.05 bits per heavy atom. The van der Waals surface area contributed by atoms with E-state index in [0.29, 0.717) is 5.56 Å². The number of nitrogens with one attached hydrogen (secondary N) is 1. The zero-order chi connectivity index (χ0) is 14.7. The van der Waals surface area contributed by atoms with E-state index in [1.165, 1.54) is 18.2 Å². The number of hydrogen-bond acceptors (Lipinski definition) is 3. The van der Waals surface area contributed by atoms with Crippen LogP contribution in [0.15, 0.2) is 36.4 Å². The van der Waals surface area contributed by atoms with Crippen LogP contribution in [0.5, 0.6) is 0 Å². The Kier molecular flexibility index (Phi) is 3.88. The average Bonchev–Trinajstić information content (AvgIpc) is 2.39. The van der Waals surface area contributed by atoms with E-state index in [1.807, 2.05) is 0 Å². The first-order valence-electron chi connectivity index (χ1n) is 5.59. The number of nitro groups is 1. The number of anilines is 1. The molecule has 0 saturated carbocycles. The van der Waals surface area contributed by atoms with Crippen LogP contribution < -0.4 is 5.32 Å². The van der Waals surface area contributed by atoms with Gasteiger partial charge in [-0.3, -0.25) is 10.1 Å². The Labute approximate surface area is 112 Å². The number of hydrogen-bond donors (Lipinski definition) is 1. The number of benzene rings is 2. The van der Waals surface area contributed by atoms with E-state index in [2.05, 4.69) is 5.32 Å². The molecule has 0 spiro atoms. The van der Waals surface area contributed by atoms with Gasteiger partial charge in [0, 0.05) is 6.54 Å². The van der Waals surface area contributed by atoms with Crippen LogP contribution in [0.25, 0.3) is 0 Å². The summed E-state index contributed by atoms with van der Waals surface area (Å²) in [6, 6.07) is 6.87. The summed E-state index contributed by atoms with van der Waals surface area (Å²) in [6.45, 7) is 0.00148. The summed E-state index contributed by atoms with van der Waals surface area (Å²) >= 11 is 0. The topological polar surface area (TPSA) is 55.2 Å². The van der Waals surface area contributed by atoms with Gasteiger partial charge in [0.2, 0.25) is 5.82 Å². The van der Waals surface area contributed by atoms with Crippen LogP contribution in [0.1, 0.15) is 5.56 Å². The molecule has 0 saturated heterocycles. The molecule has 0 atom stereocenters. The van der Waals surface area contributed by atoms with E-state index >= 15 is 0 Å². The van der Waals surface area contributed by atoms with Crippen LogP contribution in [0.2, 0.25) is 0 Å². The lowest BCUT2D eigenvalue weighted by atomic mass is 10.2. The molecular weight excluding hydrogens is 273 g/mol. The Morgan fingerprint density at radius 2 is 1.80 bits per heavy atom. The molecule has 0 aliphatic rings. The van der Waals surface area contributed by atoms with Gasteiger partial charge in [-0.1, -0.05) is 12.1 Å². The van der Waals surface area contributed by atoms with Crippen LogP contribution in [0.4, 0.5) is 24.5 Å². The maximum absolute atomic E-state index is 13.4. The van der Waals surface area contributed by atoms with Crippen molar-refractivity contribution in [1.29, 1.82) is 0 Å². The molecule has 2 aromatic carbocycles. The summed E-state index contributed by atoms with van der Waals surface area (Å²) in [7, 11) is 0. The van der Waals surface area contributed by atoms with Crippen LogP contribution in [0, 0.1) is 27.6 Å². The highest BCUT2D eigenvalue weighted by Crippen LogP contribution is 2.27. The zero-order valence-electron chi connectivity index (χ0n) is 10.1.